The lowest BCUT2D eigenvalue weighted by Gasteiger charge is -2.56. The standard InChI is InChI=1S/C24H36O4/c1-14(22-27-10-11-28-22)18-6-7-19-17-5-4-15-12-16(25)13-21(26)24(15,3)20(17)8-9-23(18,19)2/h4-5,14,16,18-22,25-26H,6-13H2,1-3H3/t14?,16-,18+,19-,20-,21-,23+,24-/m0/s1. The number of ether oxygens (including phenoxy) is 2. The fourth-order valence-electron chi connectivity index (χ4n) is 7.82. The second-order valence-electron chi connectivity index (χ2n) is 10.6. The maximum absolute atomic E-state index is 11.0. The number of hydrogen-bond acceptors (Lipinski definition) is 4. The maximum atomic E-state index is 11.0. The van der Waals surface area contributed by atoms with Crippen molar-refractivity contribution in [1.82, 2.24) is 0 Å². The minimum absolute atomic E-state index is 0.0377. The Bertz CT molecular complexity index is 693. The molecular weight excluding hydrogens is 352 g/mol. The van der Waals surface area contributed by atoms with E-state index in [0.29, 0.717) is 36.5 Å². The number of hydrogen-bond donors (Lipinski definition) is 2. The van der Waals surface area contributed by atoms with E-state index in [1.807, 2.05) is 0 Å². The SMILES string of the molecule is CC(C1OCCO1)[C@H]1CC[C@H]2C3=CC=C4C[C@H](O)C[C@H](O)[C@]4(C)[C@H]3CC[C@]12C. The van der Waals surface area contributed by atoms with Gasteiger partial charge in [0.25, 0.3) is 0 Å². The molecule has 1 heterocycles. The summed E-state index contributed by atoms with van der Waals surface area (Å²) in [6, 6.07) is 0. The first-order valence-corrected chi connectivity index (χ1v) is 11.4. The maximum Gasteiger partial charge on any atom is 0.160 e. The normalized spacial score (nSPS) is 49.7. The molecule has 1 unspecified atom stereocenters. The highest BCUT2D eigenvalue weighted by atomic mass is 16.7. The average molecular weight is 389 g/mol. The van der Waals surface area contributed by atoms with Crippen LogP contribution in [-0.2, 0) is 9.47 Å². The Kier molecular flexibility index (Phi) is 4.59. The third kappa shape index (κ3) is 2.57. The van der Waals surface area contributed by atoms with Gasteiger partial charge in [-0.1, -0.05) is 44.1 Å². The molecule has 4 heteroatoms. The number of rotatable bonds is 2. The van der Waals surface area contributed by atoms with E-state index in [4.69, 9.17) is 9.47 Å². The third-order valence-electron chi connectivity index (χ3n) is 9.43. The summed E-state index contributed by atoms with van der Waals surface area (Å²) >= 11 is 0. The molecule has 0 spiro atoms. The highest BCUT2D eigenvalue weighted by Gasteiger charge is 2.59. The molecule has 28 heavy (non-hydrogen) atoms. The molecule has 5 aliphatic rings. The van der Waals surface area contributed by atoms with Gasteiger partial charge in [-0.3, -0.25) is 0 Å². The van der Waals surface area contributed by atoms with E-state index in [-0.39, 0.29) is 17.1 Å². The fourth-order valence-corrected chi connectivity index (χ4v) is 7.82. The van der Waals surface area contributed by atoms with Crippen molar-refractivity contribution in [2.45, 2.75) is 77.8 Å². The topological polar surface area (TPSA) is 58.9 Å². The lowest BCUT2D eigenvalue weighted by atomic mass is 9.49. The number of allylic oxidation sites excluding steroid dienone is 3. The quantitative estimate of drug-likeness (QED) is 0.755. The summed E-state index contributed by atoms with van der Waals surface area (Å²) in [7, 11) is 0. The molecule has 0 amide bonds. The largest absolute Gasteiger partial charge is 0.393 e. The van der Waals surface area contributed by atoms with E-state index in [2.05, 4.69) is 32.9 Å². The van der Waals surface area contributed by atoms with Gasteiger partial charge >= 0.3 is 0 Å². The smallest absolute Gasteiger partial charge is 0.160 e. The molecular formula is C24H36O4. The highest BCUT2D eigenvalue weighted by Crippen LogP contribution is 2.66. The first-order chi connectivity index (χ1) is 13.4. The Hall–Kier alpha value is -0.680. The molecule has 5 rings (SSSR count). The van der Waals surface area contributed by atoms with Gasteiger partial charge in [0.2, 0.25) is 0 Å². The zero-order chi connectivity index (χ0) is 19.7. The molecule has 3 saturated carbocycles. The monoisotopic (exact) mass is 388 g/mol. The van der Waals surface area contributed by atoms with Crippen LogP contribution in [0.4, 0.5) is 0 Å². The minimum atomic E-state index is -0.447. The molecule has 4 nitrogen and oxygen atoms in total. The molecule has 1 aliphatic heterocycles. The molecule has 4 fully saturated rings. The zero-order valence-corrected chi connectivity index (χ0v) is 17.6. The minimum Gasteiger partial charge on any atom is -0.393 e. The molecule has 156 valence electrons. The van der Waals surface area contributed by atoms with Gasteiger partial charge in [0.15, 0.2) is 6.29 Å². The van der Waals surface area contributed by atoms with Crippen molar-refractivity contribution < 1.29 is 19.7 Å². The number of fused-ring (bicyclic) bond motifs is 5. The number of aliphatic hydroxyl groups is 2. The van der Waals surface area contributed by atoms with Crippen LogP contribution in [0.15, 0.2) is 23.3 Å². The molecule has 8 atom stereocenters. The van der Waals surface area contributed by atoms with Crippen molar-refractivity contribution in [2.24, 2.45) is 34.5 Å². The third-order valence-corrected chi connectivity index (χ3v) is 9.43. The van der Waals surface area contributed by atoms with Gasteiger partial charge in [-0.15, -0.1) is 0 Å². The second-order valence-corrected chi connectivity index (χ2v) is 10.6. The van der Waals surface area contributed by atoms with Crippen LogP contribution >= 0.6 is 0 Å². The van der Waals surface area contributed by atoms with Crippen LogP contribution in [0.5, 0.6) is 0 Å². The van der Waals surface area contributed by atoms with Crippen molar-refractivity contribution >= 4 is 0 Å². The Labute approximate surface area is 169 Å². The summed E-state index contributed by atoms with van der Waals surface area (Å²) in [5.41, 5.74) is 2.91. The van der Waals surface area contributed by atoms with Crippen molar-refractivity contribution in [3.63, 3.8) is 0 Å². The molecule has 1 saturated heterocycles. The van der Waals surface area contributed by atoms with Gasteiger partial charge < -0.3 is 19.7 Å². The lowest BCUT2D eigenvalue weighted by molar-refractivity contribution is -0.113. The van der Waals surface area contributed by atoms with E-state index in [1.165, 1.54) is 24.8 Å². The Balaban J connectivity index is 1.46. The van der Waals surface area contributed by atoms with Crippen LogP contribution in [0, 0.1) is 34.5 Å². The van der Waals surface area contributed by atoms with E-state index in [1.54, 1.807) is 5.57 Å². The Morgan fingerprint density at radius 1 is 1.04 bits per heavy atom. The van der Waals surface area contributed by atoms with E-state index in [9.17, 15) is 10.2 Å². The summed E-state index contributed by atoms with van der Waals surface area (Å²) in [4.78, 5) is 0. The van der Waals surface area contributed by atoms with E-state index in [0.717, 1.165) is 19.6 Å². The first-order valence-electron chi connectivity index (χ1n) is 11.4. The summed E-state index contributed by atoms with van der Waals surface area (Å²) in [6.07, 6.45) is 9.76. The predicted molar refractivity (Wildman–Crippen MR) is 107 cm³/mol. The van der Waals surface area contributed by atoms with Gasteiger partial charge in [-0.2, -0.15) is 0 Å². The summed E-state index contributed by atoms with van der Waals surface area (Å²) < 4.78 is 11.7. The highest BCUT2D eigenvalue weighted by molar-refractivity contribution is 5.40. The Morgan fingerprint density at radius 3 is 2.54 bits per heavy atom. The molecule has 4 aliphatic carbocycles. The van der Waals surface area contributed by atoms with Crippen LogP contribution < -0.4 is 0 Å². The summed E-state index contributed by atoms with van der Waals surface area (Å²) in [6.45, 7) is 8.53. The lowest BCUT2D eigenvalue weighted by Crippen LogP contribution is -2.52. The zero-order valence-electron chi connectivity index (χ0n) is 17.6. The van der Waals surface area contributed by atoms with Crippen LogP contribution in [0.25, 0.3) is 0 Å². The van der Waals surface area contributed by atoms with Crippen LogP contribution in [0.2, 0.25) is 0 Å². The predicted octanol–water partition coefficient (Wildman–Crippen LogP) is 3.83. The molecule has 0 aromatic rings. The molecule has 2 N–H and O–H groups in total. The van der Waals surface area contributed by atoms with Crippen LogP contribution in [0.3, 0.4) is 0 Å². The van der Waals surface area contributed by atoms with E-state index >= 15 is 0 Å². The van der Waals surface area contributed by atoms with Crippen molar-refractivity contribution in [3.05, 3.63) is 23.3 Å². The first kappa shape index (κ1) is 19.3. The molecule has 0 bridgehead atoms. The van der Waals surface area contributed by atoms with E-state index < -0.39 is 12.2 Å². The Morgan fingerprint density at radius 2 is 1.79 bits per heavy atom. The second kappa shape index (κ2) is 6.66. The molecule has 0 radical (unpaired) electrons. The van der Waals surface area contributed by atoms with Gasteiger partial charge in [-0.05, 0) is 55.3 Å². The molecule has 0 aromatic carbocycles. The summed E-state index contributed by atoms with van der Waals surface area (Å²) in [5, 5.41) is 21.2. The summed E-state index contributed by atoms with van der Waals surface area (Å²) in [5.74, 6) is 2.06. The number of aliphatic hydroxyl groups excluding tert-OH is 2. The van der Waals surface area contributed by atoms with Gasteiger partial charge in [0.1, 0.15) is 0 Å². The van der Waals surface area contributed by atoms with Crippen molar-refractivity contribution in [2.75, 3.05) is 13.2 Å². The molecule has 0 aromatic heterocycles. The van der Waals surface area contributed by atoms with Crippen molar-refractivity contribution in [3.8, 4) is 0 Å². The fraction of sp³-hybridized carbons (Fsp3) is 0.833. The van der Waals surface area contributed by atoms with Gasteiger partial charge in [-0.25, -0.2) is 0 Å². The van der Waals surface area contributed by atoms with Crippen LogP contribution in [-0.4, -0.2) is 41.9 Å². The average Bonchev–Trinajstić information content (AvgIpc) is 3.30. The van der Waals surface area contributed by atoms with Gasteiger partial charge in [0.05, 0.1) is 25.4 Å². The van der Waals surface area contributed by atoms with Crippen LogP contribution in [0.1, 0.15) is 59.3 Å². The van der Waals surface area contributed by atoms with Gasteiger partial charge in [0, 0.05) is 17.8 Å². The van der Waals surface area contributed by atoms with Crippen molar-refractivity contribution in [1.29, 1.82) is 0 Å².